The number of benzene rings is 1. The first-order valence-corrected chi connectivity index (χ1v) is 7.43. The minimum Gasteiger partial charge on any atom is -0.494 e. The summed E-state index contributed by atoms with van der Waals surface area (Å²) in [4.78, 5) is 2.46. The van der Waals surface area contributed by atoms with E-state index < -0.39 is 0 Å². The number of hydrogen-bond donors (Lipinski definition) is 1. The second kappa shape index (κ2) is 8.94. The first-order chi connectivity index (χ1) is 9.26. The van der Waals surface area contributed by atoms with E-state index in [1.165, 1.54) is 18.4 Å². The standard InChI is InChI=1S/C16H28N2O/c1-4-7-12-18(5-2)16(13-17)14-8-10-15(11-9-14)19-6-3/h8-11,16H,4-7,12-13,17H2,1-3H3. The van der Waals surface area contributed by atoms with Crippen molar-refractivity contribution in [2.24, 2.45) is 5.73 Å². The van der Waals surface area contributed by atoms with E-state index in [2.05, 4.69) is 30.9 Å². The lowest BCUT2D eigenvalue weighted by atomic mass is 10.0. The lowest BCUT2D eigenvalue weighted by molar-refractivity contribution is 0.209. The van der Waals surface area contributed by atoms with Crippen LogP contribution in [0.4, 0.5) is 0 Å². The number of nitrogens with zero attached hydrogens (tertiary/aromatic N) is 1. The Labute approximate surface area is 117 Å². The smallest absolute Gasteiger partial charge is 0.119 e. The number of likely N-dealkylation sites (N-methyl/N-ethyl adjacent to an activating group) is 1. The predicted molar refractivity (Wildman–Crippen MR) is 81.6 cm³/mol. The van der Waals surface area contributed by atoms with Crippen molar-refractivity contribution in [2.75, 3.05) is 26.2 Å². The first kappa shape index (κ1) is 16.0. The normalized spacial score (nSPS) is 12.7. The molecule has 2 N–H and O–H groups in total. The van der Waals surface area contributed by atoms with Crippen molar-refractivity contribution in [3.8, 4) is 5.75 Å². The van der Waals surface area contributed by atoms with Crippen LogP contribution >= 0.6 is 0 Å². The van der Waals surface area contributed by atoms with Crippen molar-refractivity contribution in [3.63, 3.8) is 0 Å². The average molecular weight is 264 g/mol. The van der Waals surface area contributed by atoms with Gasteiger partial charge in [-0.15, -0.1) is 0 Å². The van der Waals surface area contributed by atoms with Gasteiger partial charge in [0, 0.05) is 12.6 Å². The van der Waals surface area contributed by atoms with Crippen LogP contribution in [-0.2, 0) is 0 Å². The van der Waals surface area contributed by atoms with Gasteiger partial charge < -0.3 is 10.5 Å². The van der Waals surface area contributed by atoms with Gasteiger partial charge in [0.05, 0.1) is 6.61 Å². The van der Waals surface area contributed by atoms with Crippen LogP contribution in [0.1, 0.15) is 45.2 Å². The second-order valence-corrected chi connectivity index (χ2v) is 4.74. The fraction of sp³-hybridized carbons (Fsp3) is 0.625. The highest BCUT2D eigenvalue weighted by Gasteiger charge is 2.17. The average Bonchev–Trinajstić information content (AvgIpc) is 2.45. The second-order valence-electron chi connectivity index (χ2n) is 4.74. The molecule has 0 amide bonds. The topological polar surface area (TPSA) is 38.5 Å². The Morgan fingerprint density at radius 1 is 1.16 bits per heavy atom. The van der Waals surface area contributed by atoms with Crippen LogP contribution in [0.25, 0.3) is 0 Å². The van der Waals surface area contributed by atoms with Gasteiger partial charge in [-0.1, -0.05) is 32.4 Å². The van der Waals surface area contributed by atoms with Crippen LogP contribution < -0.4 is 10.5 Å². The molecule has 0 aliphatic carbocycles. The Bertz CT molecular complexity index is 337. The summed E-state index contributed by atoms with van der Waals surface area (Å²) in [5.41, 5.74) is 7.26. The van der Waals surface area contributed by atoms with Crippen molar-refractivity contribution in [1.29, 1.82) is 0 Å². The molecule has 0 saturated heterocycles. The Morgan fingerprint density at radius 2 is 1.84 bits per heavy atom. The Balaban J connectivity index is 2.76. The maximum atomic E-state index is 5.98. The van der Waals surface area contributed by atoms with Crippen LogP contribution in [0.15, 0.2) is 24.3 Å². The van der Waals surface area contributed by atoms with E-state index in [1.807, 2.05) is 19.1 Å². The van der Waals surface area contributed by atoms with Crippen LogP contribution in [-0.4, -0.2) is 31.1 Å². The molecular weight excluding hydrogens is 236 g/mol. The summed E-state index contributed by atoms with van der Waals surface area (Å²) >= 11 is 0. The quantitative estimate of drug-likeness (QED) is 0.744. The van der Waals surface area contributed by atoms with Gasteiger partial charge in [-0.3, -0.25) is 4.90 Å². The Morgan fingerprint density at radius 3 is 2.32 bits per heavy atom. The molecular formula is C16H28N2O. The molecule has 1 unspecified atom stereocenters. The van der Waals surface area contributed by atoms with Crippen LogP contribution in [0.3, 0.4) is 0 Å². The number of unbranched alkanes of at least 4 members (excludes halogenated alkanes) is 1. The lowest BCUT2D eigenvalue weighted by Crippen LogP contribution is -2.34. The summed E-state index contributed by atoms with van der Waals surface area (Å²) in [7, 11) is 0. The third-order valence-corrected chi connectivity index (χ3v) is 3.44. The van der Waals surface area contributed by atoms with Crippen LogP contribution in [0, 0.1) is 0 Å². The molecule has 3 nitrogen and oxygen atoms in total. The Kier molecular flexibility index (Phi) is 7.53. The van der Waals surface area contributed by atoms with Crippen LogP contribution in [0.5, 0.6) is 5.75 Å². The van der Waals surface area contributed by atoms with Gasteiger partial charge in [0.25, 0.3) is 0 Å². The molecule has 0 heterocycles. The monoisotopic (exact) mass is 264 g/mol. The molecule has 0 aliphatic heterocycles. The minimum absolute atomic E-state index is 0.312. The van der Waals surface area contributed by atoms with Gasteiger partial charge >= 0.3 is 0 Å². The molecule has 0 bridgehead atoms. The van der Waals surface area contributed by atoms with Gasteiger partial charge in [-0.25, -0.2) is 0 Å². The molecule has 1 aromatic rings. The van der Waals surface area contributed by atoms with Crippen LogP contribution in [0.2, 0.25) is 0 Å². The van der Waals surface area contributed by atoms with E-state index in [4.69, 9.17) is 10.5 Å². The molecule has 0 aliphatic rings. The first-order valence-electron chi connectivity index (χ1n) is 7.43. The van der Waals surface area contributed by atoms with Gasteiger partial charge in [0.1, 0.15) is 5.75 Å². The molecule has 19 heavy (non-hydrogen) atoms. The fourth-order valence-electron chi connectivity index (χ4n) is 2.34. The summed E-state index contributed by atoms with van der Waals surface area (Å²) in [6.07, 6.45) is 2.44. The zero-order valence-electron chi connectivity index (χ0n) is 12.6. The van der Waals surface area contributed by atoms with Crippen molar-refractivity contribution >= 4 is 0 Å². The molecule has 0 spiro atoms. The largest absolute Gasteiger partial charge is 0.494 e. The van der Waals surface area contributed by atoms with Gasteiger partial charge in [0.2, 0.25) is 0 Å². The van der Waals surface area contributed by atoms with E-state index in [0.29, 0.717) is 19.2 Å². The minimum atomic E-state index is 0.312. The van der Waals surface area contributed by atoms with E-state index in [9.17, 15) is 0 Å². The van der Waals surface area contributed by atoms with Gasteiger partial charge in [-0.05, 0) is 44.1 Å². The maximum Gasteiger partial charge on any atom is 0.119 e. The van der Waals surface area contributed by atoms with Crippen molar-refractivity contribution in [1.82, 2.24) is 4.90 Å². The van der Waals surface area contributed by atoms with E-state index in [-0.39, 0.29) is 0 Å². The van der Waals surface area contributed by atoms with E-state index >= 15 is 0 Å². The molecule has 1 atom stereocenters. The molecule has 1 aromatic carbocycles. The summed E-state index contributed by atoms with van der Waals surface area (Å²) in [5, 5.41) is 0. The van der Waals surface area contributed by atoms with E-state index in [0.717, 1.165) is 18.8 Å². The zero-order chi connectivity index (χ0) is 14.1. The molecule has 3 heteroatoms. The highest BCUT2D eigenvalue weighted by molar-refractivity contribution is 5.29. The highest BCUT2D eigenvalue weighted by atomic mass is 16.5. The third kappa shape index (κ3) is 4.84. The summed E-state index contributed by atoms with van der Waals surface area (Å²) in [5.74, 6) is 0.929. The SMILES string of the molecule is CCCCN(CC)C(CN)c1ccc(OCC)cc1. The summed E-state index contributed by atoms with van der Waals surface area (Å²) < 4.78 is 5.48. The lowest BCUT2D eigenvalue weighted by Gasteiger charge is -2.30. The highest BCUT2D eigenvalue weighted by Crippen LogP contribution is 2.22. The van der Waals surface area contributed by atoms with Crippen molar-refractivity contribution in [2.45, 2.75) is 39.7 Å². The summed E-state index contributed by atoms with van der Waals surface area (Å²) in [6, 6.07) is 8.66. The van der Waals surface area contributed by atoms with Gasteiger partial charge in [0.15, 0.2) is 0 Å². The Hall–Kier alpha value is -1.06. The molecule has 108 valence electrons. The maximum absolute atomic E-state index is 5.98. The molecule has 0 saturated carbocycles. The third-order valence-electron chi connectivity index (χ3n) is 3.44. The number of nitrogens with two attached hydrogens (primary N) is 1. The summed E-state index contributed by atoms with van der Waals surface area (Å²) in [6.45, 7) is 9.94. The molecule has 0 radical (unpaired) electrons. The van der Waals surface area contributed by atoms with Crippen molar-refractivity contribution < 1.29 is 4.74 Å². The number of hydrogen-bond acceptors (Lipinski definition) is 3. The number of ether oxygens (including phenoxy) is 1. The molecule has 0 fully saturated rings. The predicted octanol–water partition coefficient (Wildman–Crippen LogP) is 3.21. The van der Waals surface area contributed by atoms with Gasteiger partial charge in [-0.2, -0.15) is 0 Å². The zero-order valence-corrected chi connectivity index (χ0v) is 12.6. The molecule has 0 aromatic heterocycles. The fourth-order valence-corrected chi connectivity index (χ4v) is 2.34. The molecule has 1 rings (SSSR count). The number of rotatable bonds is 9. The van der Waals surface area contributed by atoms with Crippen molar-refractivity contribution in [3.05, 3.63) is 29.8 Å². The van der Waals surface area contributed by atoms with E-state index in [1.54, 1.807) is 0 Å².